The molecule has 3 saturated carbocycles. The van der Waals surface area contributed by atoms with Gasteiger partial charge in [-0.15, -0.1) is 11.8 Å². The predicted octanol–water partition coefficient (Wildman–Crippen LogP) is 5.66. The van der Waals surface area contributed by atoms with Gasteiger partial charge in [0.25, 0.3) is 0 Å². The molecule has 9 nitrogen and oxygen atoms in total. The van der Waals surface area contributed by atoms with Crippen LogP contribution in [0.2, 0.25) is 0 Å². The second kappa shape index (κ2) is 11.1. The van der Waals surface area contributed by atoms with Crippen LogP contribution in [0.4, 0.5) is 13.6 Å². The van der Waals surface area contributed by atoms with Crippen LogP contribution in [-0.2, 0) is 21.6 Å². The first-order valence-corrected chi connectivity index (χ1v) is 15.8. The highest BCUT2D eigenvalue weighted by Crippen LogP contribution is 2.59. The van der Waals surface area contributed by atoms with E-state index in [0.717, 1.165) is 42.2 Å². The van der Waals surface area contributed by atoms with Crippen LogP contribution in [0, 0.1) is 17.6 Å². The fraction of sp³-hybridized carbons (Fsp3) is 0.406. The molecule has 1 aromatic heterocycles. The van der Waals surface area contributed by atoms with Gasteiger partial charge in [-0.3, -0.25) is 10.2 Å². The van der Waals surface area contributed by atoms with E-state index in [4.69, 9.17) is 14.2 Å². The van der Waals surface area contributed by atoms with E-state index >= 15 is 8.78 Å². The van der Waals surface area contributed by atoms with Crippen molar-refractivity contribution in [2.24, 2.45) is 5.92 Å². The molecule has 230 valence electrons. The number of fused-ring (bicyclic) bond motifs is 3. The molecule has 2 bridgehead atoms. The van der Waals surface area contributed by atoms with Gasteiger partial charge in [-0.2, -0.15) is 4.58 Å². The monoisotopic (exact) mass is 624 g/mol. The average Bonchev–Trinajstić information content (AvgIpc) is 3.16. The van der Waals surface area contributed by atoms with Crippen LogP contribution >= 0.6 is 11.8 Å². The van der Waals surface area contributed by atoms with Gasteiger partial charge in [0.1, 0.15) is 0 Å². The Kier molecular flexibility index (Phi) is 7.26. The van der Waals surface area contributed by atoms with Crippen molar-refractivity contribution in [3.05, 3.63) is 80.6 Å². The summed E-state index contributed by atoms with van der Waals surface area (Å²) in [4.78, 5) is 26.7. The first kappa shape index (κ1) is 28.7. The molecule has 0 amide bonds. The lowest BCUT2D eigenvalue weighted by atomic mass is 9.49. The van der Waals surface area contributed by atoms with Gasteiger partial charge in [-0.25, -0.2) is 18.3 Å². The largest absolute Gasteiger partial charge is 0.511 e. The summed E-state index contributed by atoms with van der Waals surface area (Å²) in [5.41, 5.74) is 4.80. The van der Waals surface area contributed by atoms with Crippen LogP contribution < -0.4 is 15.6 Å². The van der Waals surface area contributed by atoms with Crippen molar-refractivity contribution in [1.29, 1.82) is 0 Å². The molecule has 0 atom stereocenters. The molecule has 2 aromatic carbocycles. The number of unbranched alkanes of at least 4 members (excludes halogenated alkanes) is 1. The maximum Gasteiger partial charge on any atom is 0.511 e. The third kappa shape index (κ3) is 4.70. The van der Waals surface area contributed by atoms with Crippen molar-refractivity contribution >= 4 is 23.8 Å². The number of nitrogens with one attached hydrogen (secondary N) is 1. The Morgan fingerprint density at radius 1 is 1.18 bits per heavy atom. The third-order valence-corrected chi connectivity index (χ3v) is 10.3. The molecule has 2 aliphatic heterocycles. The summed E-state index contributed by atoms with van der Waals surface area (Å²) >= 11 is 1.43. The van der Waals surface area contributed by atoms with Gasteiger partial charge in [0.15, 0.2) is 17.2 Å². The number of aliphatic hydroxyl groups excluding tert-OH is 1. The Labute approximate surface area is 256 Å². The number of carbonyl (C=O) groups excluding carboxylic acids is 1. The topological polar surface area (TPSA) is 102 Å². The summed E-state index contributed by atoms with van der Waals surface area (Å²) < 4.78 is 49.5. The number of halogens is 2. The first-order valence-electron chi connectivity index (χ1n) is 14.8. The van der Waals surface area contributed by atoms with Crippen molar-refractivity contribution in [2.75, 3.05) is 25.5 Å². The average molecular weight is 625 g/mol. The summed E-state index contributed by atoms with van der Waals surface area (Å²) in [6, 6.07) is 10.1. The molecule has 0 saturated heterocycles. The Morgan fingerprint density at radius 3 is 2.73 bits per heavy atom. The maximum atomic E-state index is 15.3. The van der Waals surface area contributed by atoms with E-state index in [1.165, 1.54) is 22.5 Å². The Balaban J connectivity index is 1.33. The zero-order valence-corrected chi connectivity index (χ0v) is 25.0. The minimum Gasteiger partial charge on any atom is -0.458 e. The fourth-order valence-electron chi connectivity index (χ4n) is 6.70. The first-order chi connectivity index (χ1) is 21.3. The third-order valence-electron chi connectivity index (χ3n) is 9.12. The number of carbonyl (C=O) groups is 1. The molecule has 12 heteroatoms. The van der Waals surface area contributed by atoms with Crippen LogP contribution in [0.25, 0.3) is 11.3 Å². The van der Waals surface area contributed by atoms with Gasteiger partial charge in [0.2, 0.25) is 30.3 Å². The van der Waals surface area contributed by atoms with Gasteiger partial charge in [-0.05, 0) is 42.0 Å². The smallest absolute Gasteiger partial charge is 0.458 e. The SMILES string of the molecule is CCCCOC(=O)OCOc1c2n(c(-c3cc(F)c(F)c4c3Cc3ccccc3SC4)cc1=O)NC[N+](C13CC(C1)C3)=C2O. The molecule has 3 aliphatic carbocycles. The number of thioether (sulfide) groups is 1. The molecule has 0 radical (unpaired) electrons. The molecule has 8 rings (SSSR count). The van der Waals surface area contributed by atoms with Crippen LogP contribution in [0.15, 0.2) is 46.1 Å². The number of aromatic nitrogens is 1. The van der Waals surface area contributed by atoms with E-state index in [0.29, 0.717) is 29.9 Å². The Bertz CT molecular complexity index is 1760. The van der Waals surface area contributed by atoms with Crippen molar-refractivity contribution in [2.45, 2.75) is 61.6 Å². The molecule has 44 heavy (non-hydrogen) atoms. The van der Waals surface area contributed by atoms with Crippen LogP contribution in [0.1, 0.15) is 61.4 Å². The molecular weight excluding hydrogens is 592 g/mol. The number of aliphatic hydroxyl groups is 1. The highest BCUT2D eigenvalue weighted by molar-refractivity contribution is 7.98. The van der Waals surface area contributed by atoms with Gasteiger partial charge in [-0.1, -0.05) is 31.5 Å². The highest BCUT2D eigenvalue weighted by atomic mass is 32.2. The lowest BCUT2D eigenvalue weighted by Gasteiger charge is -2.57. The van der Waals surface area contributed by atoms with E-state index < -0.39 is 30.0 Å². The number of hydrogen-bond acceptors (Lipinski definition) is 7. The second-order valence-corrected chi connectivity index (χ2v) is 12.8. The maximum absolute atomic E-state index is 15.3. The molecule has 3 fully saturated rings. The van der Waals surface area contributed by atoms with Crippen LogP contribution in [0.5, 0.6) is 5.75 Å². The molecular formula is C32H32F2N3O6S+. The van der Waals surface area contributed by atoms with E-state index in [1.807, 2.05) is 35.8 Å². The zero-order valence-electron chi connectivity index (χ0n) is 24.2. The Morgan fingerprint density at radius 2 is 1.98 bits per heavy atom. The lowest BCUT2D eigenvalue weighted by molar-refractivity contribution is -0.661. The lowest BCUT2D eigenvalue weighted by Crippen LogP contribution is -2.68. The summed E-state index contributed by atoms with van der Waals surface area (Å²) in [5, 5.41) is 11.7. The van der Waals surface area contributed by atoms with Crippen molar-refractivity contribution in [1.82, 2.24) is 4.68 Å². The van der Waals surface area contributed by atoms with Crippen molar-refractivity contribution < 1.29 is 37.5 Å². The molecule has 3 heterocycles. The van der Waals surface area contributed by atoms with Crippen molar-refractivity contribution in [3.63, 3.8) is 0 Å². The number of benzene rings is 2. The quantitative estimate of drug-likeness (QED) is 0.143. The summed E-state index contributed by atoms with van der Waals surface area (Å²) in [6.45, 7) is 1.76. The highest BCUT2D eigenvalue weighted by Gasteiger charge is 2.66. The van der Waals surface area contributed by atoms with Gasteiger partial charge in [0.05, 0.1) is 12.3 Å². The standard InChI is InChI=1S/C32H31F2N3O6S/c1-2-3-8-41-31(40)43-17-42-29-25(38)11-24(37-28(29)30(39)36(16-35-37)32-12-18(13-32)14-32)21-10-23(33)27(34)22-15-44-26-7-5-4-6-19(26)9-20(21)22/h4-7,10-11,18,35H,2-3,8-9,12-17H2,1H3/p+1. The van der Waals surface area contributed by atoms with E-state index in [9.17, 15) is 14.7 Å². The molecule has 0 unspecified atom stereocenters. The summed E-state index contributed by atoms with van der Waals surface area (Å²) in [5.74, 6) is -1.51. The van der Waals surface area contributed by atoms with Gasteiger partial charge in [0, 0.05) is 47.1 Å². The van der Waals surface area contributed by atoms with Crippen LogP contribution in [0.3, 0.4) is 0 Å². The number of ether oxygens (including phenoxy) is 3. The number of nitrogens with zero attached hydrogens (tertiary/aromatic N) is 2. The fourth-order valence-corrected chi connectivity index (χ4v) is 7.80. The molecule has 5 aliphatic rings. The zero-order chi connectivity index (χ0) is 30.6. The normalized spacial score (nSPS) is 21.0. The van der Waals surface area contributed by atoms with E-state index in [1.54, 1.807) is 0 Å². The predicted molar refractivity (Wildman–Crippen MR) is 159 cm³/mol. The van der Waals surface area contributed by atoms with E-state index in [2.05, 4.69) is 5.43 Å². The number of hydrogen-bond donors (Lipinski definition) is 2. The number of pyridine rings is 1. The minimum absolute atomic E-state index is 0.0216. The van der Waals surface area contributed by atoms with Crippen LogP contribution in [-0.4, -0.2) is 52.0 Å². The molecule has 3 aromatic rings. The molecule has 0 spiro atoms. The van der Waals surface area contributed by atoms with Gasteiger partial charge < -0.3 is 19.3 Å². The minimum atomic E-state index is -1.03. The van der Waals surface area contributed by atoms with Gasteiger partial charge >= 0.3 is 12.1 Å². The van der Waals surface area contributed by atoms with Crippen molar-refractivity contribution in [3.8, 4) is 17.0 Å². The summed E-state index contributed by atoms with van der Waals surface area (Å²) in [6.07, 6.45) is 3.70. The van der Waals surface area contributed by atoms with E-state index in [-0.39, 0.29) is 53.2 Å². The number of rotatable bonds is 8. The second-order valence-electron chi connectivity index (χ2n) is 11.8. The Hall–Kier alpha value is -4.06. The molecule has 2 N–H and O–H groups in total. The summed E-state index contributed by atoms with van der Waals surface area (Å²) in [7, 11) is 0.